The van der Waals surface area contributed by atoms with Crippen LogP contribution >= 0.6 is 0 Å². The largest absolute Gasteiger partial charge is 0.287 e. The first-order valence-electron chi connectivity index (χ1n) is 3.12. The lowest BCUT2D eigenvalue weighted by Crippen LogP contribution is -2.35. The van der Waals surface area contributed by atoms with Gasteiger partial charge in [-0.3, -0.25) is 14.8 Å². The van der Waals surface area contributed by atoms with E-state index in [0.717, 1.165) is 13.0 Å². The summed E-state index contributed by atoms with van der Waals surface area (Å²) in [5.41, 5.74) is 0. The van der Waals surface area contributed by atoms with Crippen LogP contribution in [0.2, 0.25) is 0 Å². The molecule has 10 heavy (non-hydrogen) atoms. The standard InChI is InChI=1S/C7H10N2O/c1-8(7-10)9-5-3-2-4-6-9/h2-5,7H,6H2,1H3. The van der Waals surface area contributed by atoms with Crippen LogP contribution in [0.1, 0.15) is 0 Å². The van der Waals surface area contributed by atoms with Crippen LogP contribution in [0.15, 0.2) is 24.4 Å². The molecule has 0 radical (unpaired) electrons. The van der Waals surface area contributed by atoms with Crippen molar-refractivity contribution in [2.24, 2.45) is 0 Å². The monoisotopic (exact) mass is 138 g/mol. The SMILES string of the molecule is CN(C=O)N1C=CC=CC1. The Bertz CT molecular complexity index is 174. The molecule has 0 aromatic heterocycles. The highest BCUT2D eigenvalue weighted by atomic mass is 16.1. The van der Waals surface area contributed by atoms with Gasteiger partial charge in [-0.1, -0.05) is 12.2 Å². The topological polar surface area (TPSA) is 23.6 Å². The number of hydrogen-bond acceptors (Lipinski definition) is 2. The second-order valence-corrected chi connectivity index (χ2v) is 2.07. The number of carbonyl (C=O) groups is 1. The van der Waals surface area contributed by atoms with Gasteiger partial charge in [0, 0.05) is 13.2 Å². The van der Waals surface area contributed by atoms with Gasteiger partial charge in [-0.25, -0.2) is 0 Å². The number of hydrazine groups is 1. The fraction of sp³-hybridized carbons (Fsp3) is 0.286. The van der Waals surface area contributed by atoms with Crippen LogP contribution in [-0.2, 0) is 4.79 Å². The van der Waals surface area contributed by atoms with E-state index in [-0.39, 0.29) is 0 Å². The van der Waals surface area contributed by atoms with E-state index < -0.39 is 0 Å². The summed E-state index contributed by atoms with van der Waals surface area (Å²) in [6, 6.07) is 0. The zero-order chi connectivity index (χ0) is 7.40. The average Bonchev–Trinajstić information content (AvgIpc) is 2.05. The molecular weight excluding hydrogens is 128 g/mol. The molecule has 0 spiro atoms. The van der Waals surface area contributed by atoms with Crippen molar-refractivity contribution in [2.45, 2.75) is 0 Å². The van der Waals surface area contributed by atoms with Gasteiger partial charge >= 0.3 is 0 Å². The van der Waals surface area contributed by atoms with Crippen LogP contribution in [0.4, 0.5) is 0 Å². The fourth-order valence-electron chi connectivity index (χ4n) is 0.752. The molecule has 0 saturated carbocycles. The molecule has 0 atom stereocenters. The van der Waals surface area contributed by atoms with E-state index in [9.17, 15) is 4.79 Å². The van der Waals surface area contributed by atoms with Gasteiger partial charge < -0.3 is 0 Å². The van der Waals surface area contributed by atoms with Crippen LogP contribution in [0.5, 0.6) is 0 Å². The lowest BCUT2D eigenvalue weighted by Gasteiger charge is -2.27. The lowest BCUT2D eigenvalue weighted by atomic mass is 10.4. The molecular formula is C7H10N2O. The van der Waals surface area contributed by atoms with Crippen LogP contribution in [0, 0.1) is 0 Å². The van der Waals surface area contributed by atoms with Gasteiger partial charge in [0.15, 0.2) is 0 Å². The minimum atomic E-state index is 0.770. The predicted octanol–water partition coefficient (Wildman–Crippen LogP) is 0.375. The summed E-state index contributed by atoms with van der Waals surface area (Å²) in [5, 5.41) is 3.31. The Labute approximate surface area is 60.2 Å². The van der Waals surface area contributed by atoms with Crippen molar-refractivity contribution in [2.75, 3.05) is 13.6 Å². The minimum Gasteiger partial charge on any atom is -0.287 e. The van der Waals surface area contributed by atoms with Gasteiger partial charge in [0.05, 0.1) is 6.54 Å². The Morgan fingerprint density at radius 3 is 2.90 bits per heavy atom. The third-order valence-corrected chi connectivity index (χ3v) is 1.36. The van der Waals surface area contributed by atoms with E-state index in [1.807, 2.05) is 29.4 Å². The maximum absolute atomic E-state index is 10.2. The third kappa shape index (κ3) is 1.37. The summed E-state index contributed by atoms with van der Waals surface area (Å²) in [6.07, 6.45) is 8.47. The van der Waals surface area contributed by atoms with Gasteiger partial charge in [-0.05, 0) is 6.08 Å². The first-order valence-corrected chi connectivity index (χ1v) is 3.12. The maximum atomic E-state index is 10.2. The first-order chi connectivity index (χ1) is 4.84. The fourth-order valence-corrected chi connectivity index (χ4v) is 0.752. The quantitative estimate of drug-likeness (QED) is 0.515. The summed E-state index contributed by atoms with van der Waals surface area (Å²) >= 11 is 0. The number of allylic oxidation sites excluding steroid dienone is 2. The smallest absolute Gasteiger partial charge is 0.228 e. The van der Waals surface area contributed by atoms with Gasteiger partial charge in [0.25, 0.3) is 0 Å². The Kier molecular flexibility index (Phi) is 2.10. The molecule has 1 amide bonds. The highest BCUT2D eigenvalue weighted by Gasteiger charge is 2.02. The maximum Gasteiger partial charge on any atom is 0.228 e. The van der Waals surface area contributed by atoms with E-state index in [0.29, 0.717) is 0 Å². The molecule has 0 aliphatic carbocycles. The summed E-state index contributed by atoms with van der Waals surface area (Å²) < 4.78 is 0. The van der Waals surface area contributed by atoms with Crippen LogP contribution in [0.3, 0.4) is 0 Å². The second-order valence-electron chi connectivity index (χ2n) is 2.07. The van der Waals surface area contributed by atoms with Crippen molar-refractivity contribution in [3.8, 4) is 0 Å². The highest BCUT2D eigenvalue weighted by molar-refractivity contribution is 5.45. The average molecular weight is 138 g/mol. The van der Waals surface area contributed by atoms with Gasteiger partial charge in [-0.15, -0.1) is 0 Å². The van der Waals surface area contributed by atoms with E-state index in [2.05, 4.69) is 0 Å². The van der Waals surface area contributed by atoms with Crippen LogP contribution < -0.4 is 0 Å². The molecule has 0 unspecified atom stereocenters. The Balaban J connectivity index is 2.50. The molecule has 0 fully saturated rings. The Hall–Kier alpha value is -1.25. The number of rotatable bonds is 2. The van der Waals surface area contributed by atoms with Crippen molar-refractivity contribution in [1.29, 1.82) is 0 Å². The zero-order valence-electron chi connectivity index (χ0n) is 5.90. The van der Waals surface area contributed by atoms with Crippen molar-refractivity contribution in [1.82, 2.24) is 10.0 Å². The van der Waals surface area contributed by atoms with Gasteiger partial charge in [0.2, 0.25) is 6.41 Å². The highest BCUT2D eigenvalue weighted by Crippen LogP contribution is 1.98. The minimum absolute atomic E-state index is 0.770. The van der Waals surface area contributed by atoms with Gasteiger partial charge in [0.1, 0.15) is 0 Å². The van der Waals surface area contributed by atoms with Crippen molar-refractivity contribution >= 4 is 6.41 Å². The molecule has 0 aromatic carbocycles. The zero-order valence-corrected chi connectivity index (χ0v) is 5.90. The number of amides is 1. The van der Waals surface area contributed by atoms with Crippen LogP contribution in [0.25, 0.3) is 0 Å². The van der Waals surface area contributed by atoms with Crippen molar-refractivity contribution < 1.29 is 4.79 Å². The summed E-state index contributed by atoms with van der Waals surface area (Å²) in [4.78, 5) is 10.2. The van der Waals surface area contributed by atoms with E-state index in [1.165, 1.54) is 5.01 Å². The number of carbonyl (C=O) groups excluding carboxylic acids is 1. The Morgan fingerprint density at radius 2 is 2.40 bits per heavy atom. The lowest BCUT2D eigenvalue weighted by molar-refractivity contribution is -0.126. The molecule has 1 aliphatic rings. The molecule has 0 bridgehead atoms. The predicted molar refractivity (Wildman–Crippen MR) is 38.8 cm³/mol. The van der Waals surface area contributed by atoms with E-state index in [1.54, 1.807) is 7.05 Å². The molecule has 54 valence electrons. The van der Waals surface area contributed by atoms with Crippen molar-refractivity contribution in [3.63, 3.8) is 0 Å². The Morgan fingerprint density at radius 1 is 1.60 bits per heavy atom. The molecule has 1 heterocycles. The summed E-state index contributed by atoms with van der Waals surface area (Å²) in [5.74, 6) is 0. The number of nitrogens with zero attached hydrogens (tertiary/aromatic N) is 2. The third-order valence-electron chi connectivity index (χ3n) is 1.36. The number of hydrogen-bond donors (Lipinski definition) is 0. The van der Waals surface area contributed by atoms with Gasteiger partial charge in [-0.2, -0.15) is 0 Å². The van der Waals surface area contributed by atoms with E-state index in [4.69, 9.17) is 0 Å². The van der Waals surface area contributed by atoms with E-state index >= 15 is 0 Å². The molecule has 0 saturated heterocycles. The molecule has 1 aliphatic heterocycles. The second kappa shape index (κ2) is 3.06. The molecule has 3 heteroatoms. The van der Waals surface area contributed by atoms with Crippen molar-refractivity contribution in [3.05, 3.63) is 24.4 Å². The molecule has 0 N–H and O–H groups in total. The summed E-state index contributed by atoms with van der Waals surface area (Å²) in [6.45, 7) is 0.770. The molecule has 1 rings (SSSR count). The molecule has 3 nitrogen and oxygen atoms in total. The summed E-state index contributed by atoms with van der Waals surface area (Å²) in [7, 11) is 1.72. The normalized spacial score (nSPS) is 15.5. The van der Waals surface area contributed by atoms with Crippen LogP contribution in [-0.4, -0.2) is 30.0 Å². The molecule has 0 aromatic rings. The first kappa shape index (κ1) is 6.86.